The van der Waals surface area contributed by atoms with Crippen LogP contribution in [0.2, 0.25) is 0 Å². The number of hydrogen-bond donors (Lipinski definition) is 1. The van der Waals surface area contributed by atoms with E-state index in [1.54, 1.807) is 0 Å². The molecule has 19 heavy (non-hydrogen) atoms. The van der Waals surface area contributed by atoms with E-state index >= 15 is 0 Å². The number of nitrogens with zero attached hydrogens (tertiary/aromatic N) is 4. The topological polar surface area (TPSA) is 47.7 Å². The maximum Gasteiger partial charge on any atom is 0.0629 e. The summed E-state index contributed by atoms with van der Waals surface area (Å²) >= 11 is 0. The van der Waals surface area contributed by atoms with Crippen molar-refractivity contribution in [3.63, 3.8) is 0 Å². The summed E-state index contributed by atoms with van der Waals surface area (Å²) in [7, 11) is 3.95. The summed E-state index contributed by atoms with van der Waals surface area (Å²) in [6, 6.07) is 0.292. The second-order valence-corrected chi connectivity index (χ2v) is 5.03. The van der Waals surface area contributed by atoms with Gasteiger partial charge >= 0.3 is 0 Å². The Morgan fingerprint density at radius 1 is 1.32 bits per heavy atom. The molecular weight excluding hydrogens is 238 g/mol. The molecule has 5 heteroatoms. The fraction of sp³-hybridized carbons (Fsp3) is 0.571. The van der Waals surface area contributed by atoms with Crippen LogP contribution in [0.25, 0.3) is 0 Å². The third-order valence-electron chi connectivity index (χ3n) is 3.64. The molecule has 0 aliphatic heterocycles. The van der Waals surface area contributed by atoms with Gasteiger partial charge in [0.2, 0.25) is 0 Å². The van der Waals surface area contributed by atoms with E-state index in [1.807, 2.05) is 29.7 Å². The van der Waals surface area contributed by atoms with Crippen LogP contribution in [0.5, 0.6) is 0 Å². The van der Waals surface area contributed by atoms with Gasteiger partial charge < -0.3 is 5.32 Å². The number of rotatable bonds is 5. The Balaban J connectivity index is 2.26. The van der Waals surface area contributed by atoms with Gasteiger partial charge in [-0.15, -0.1) is 0 Å². The van der Waals surface area contributed by atoms with Gasteiger partial charge in [0.05, 0.1) is 11.9 Å². The van der Waals surface area contributed by atoms with Gasteiger partial charge in [-0.05, 0) is 32.4 Å². The van der Waals surface area contributed by atoms with Crippen molar-refractivity contribution >= 4 is 0 Å². The first kappa shape index (κ1) is 13.8. The Morgan fingerprint density at radius 3 is 2.53 bits per heavy atom. The van der Waals surface area contributed by atoms with E-state index in [2.05, 4.69) is 42.5 Å². The molecule has 0 aliphatic carbocycles. The van der Waals surface area contributed by atoms with Gasteiger partial charge in [-0.25, -0.2) is 0 Å². The number of aromatic nitrogens is 4. The molecule has 0 amide bonds. The zero-order chi connectivity index (χ0) is 14.0. The minimum atomic E-state index is 0.292. The van der Waals surface area contributed by atoms with Crippen LogP contribution in [0.4, 0.5) is 0 Å². The minimum Gasteiger partial charge on any atom is -0.310 e. The molecule has 2 aromatic heterocycles. The Morgan fingerprint density at radius 2 is 2.05 bits per heavy atom. The van der Waals surface area contributed by atoms with Crippen LogP contribution >= 0.6 is 0 Å². The average molecular weight is 261 g/mol. The van der Waals surface area contributed by atoms with Gasteiger partial charge in [0, 0.05) is 37.6 Å². The minimum absolute atomic E-state index is 0.292. The van der Waals surface area contributed by atoms with Gasteiger partial charge in [0.1, 0.15) is 0 Å². The Labute approximate surface area is 114 Å². The predicted molar refractivity (Wildman–Crippen MR) is 76.0 cm³/mol. The van der Waals surface area contributed by atoms with Crippen molar-refractivity contribution < 1.29 is 0 Å². The first-order valence-corrected chi connectivity index (χ1v) is 6.74. The first-order chi connectivity index (χ1) is 9.02. The summed E-state index contributed by atoms with van der Waals surface area (Å²) < 4.78 is 3.81. The monoisotopic (exact) mass is 261 g/mol. The first-order valence-electron chi connectivity index (χ1n) is 6.74. The van der Waals surface area contributed by atoms with Crippen molar-refractivity contribution in [2.45, 2.75) is 33.2 Å². The van der Waals surface area contributed by atoms with Crippen molar-refractivity contribution in [3.05, 3.63) is 34.9 Å². The highest BCUT2D eigenvalue weighted by Gasteiger charge is 2.18. The number of hydrogen-bond acceptors (Lipinski definition) is 3. The van der Waals surface area contributed by atoms with Gasteiger partial charge in [0.15, 0.2) is 0 Å². The number of likely N-dealkylation sites (N-methyl/N-ethyl adjacent to an activating group) is 1. The lowest BCUT2D eigenvalue weighted by molar-refractivity contribution is 0.546. The molecule has 0 spiro atoms. The highest BCUT2D eigenvalue weighted by atomic mass is 15.3. The molecule has 0 fully saturated rings. The van der Waals surface area contributed by atoms with E-state index in [4.69, 9.17) is 0 Å². The van der Waals surface area contributed by atoms with Crippen molar-refractivity contribution in [1.29, 1.82) is 0 Å². The molecule has 0 bridgehead atoms. The quantitative estimate of drug-likeness (QED) is 0.890. The van der Waals surface area contributed by atoms with Crippen LogP contribution in [0.3, 0.4) is 0 Å². The van der Waals surface area contributed by atoms with Crippen molar-refractivity contribution in [3.8, 4) is 0 Å². The summed E-state index contributed by atoms with van der Waals surface area (Å²) in [6.45, 7) is 7.28. The molecule has 2 heterocycles. The average Bonchev–Trinajstić information content (AvgIpc) is 2.88. The van der Waals surface area contributed by atoms with Gasteiger partial charge in [0.25, 0.3) is 0 Å². The highest BCUT2D eigenvalue weighted by Crippen LogP contribution is 2.22. The smallest absolute Gasteiger partial charge is 0.0629 e. The molecule has 0 radical (unpaired) electrons. The molecule has 1 N–H and O–H groups in total. The molecule has 0 aliphatic rings. The van der Waals surface area contributed by atoms with Crippen LogP contribution in [0.15, 0.2) is 12.4 Å². The molecule has 2 rings (SSSR count). The molecule has 1 atom stereocenters. The third-order valence-corrected chi connectivity index (χ3v) is 3.64. The van der Waals surface area contributed by atoms with Crippen LogP contribution in [0, 0.1) is 13.8 Å². The zero-order valence-electron chi connectivity index (χ0n) is 12.4. The molecule has 0 aromatic carbocycles. The number of aryl methyl sites for hydroxylation is 3. The van der Waals surface area contributed by atoms with E-state index in [0.717, 1.165) is 18.7 Å². The van der Waals surface area contributed by atoms with Gasteiger partial charge in [-0.1, -0.05) is 6.92 Å². The van der Waals surface area contributed by atoms with Crippen LogP contribution in [-0.2, 0) is 20.5 Å². The molecule has 0 saturated carbocycles. The molecule has 5 nitrogen and oxygen atoms in total. The lowest BCUT2D eigenvalue weighted by Gasteiger charge is -2.16. The molecule has 2 aromatic rings. The summed E-state index contributed by atoms with van der Waals surface area (Å²) in [4.78, 5) is 0. The van der Waals surface area contributed by atoms with E-state index in [-0.39, 0.29) is 0 Å². The van der Waals surface area contributed by atoms with E-state index < -0.39 is 0 Å². The van der Waals surface area contributed by atoms with Crippen molar-refractivity contribution in [2.24, 2.45) is 14.1 Å². The fourth-order valence-corrected chi connectivity index (χ4v) is 2.49. The maximum absolute atomic E-state index is 4.49. The van der Waals surface area contributed by atoms with Gasteiger partial charge in [-0.3, -0.25) is 9.36 Å². The zero-order valence-corrected chi connectivity index (χ0v) is 12.4. The summed E-state index contributed by atoms with van der Waals surface area (Å²) in [5.74, 6) is 0. The summed E-state index contributed by atoms with van der Waals surface area (Å²) in [5.41, 5.74) is 4.92. The van der Waals surface area contributed by atoms with E-state index in [0.29, 0.717) is 6.04 Å². The maximum atomic E-state index is 4.49. The standard InChI is InChI=1S/C14H23N5/c1-6-15-14(12-8-16-18(4)9-12)7-13-10(2)17-19(5)11(13)3/h8-9,14-15H,6-7H2,1-5H3. The van der Waals surface area contributed by atoms with E-state index in [1.165, 1.54) is 16.8 Å². The second-order valence-electron chi connectivity index (χ2n) is 5.03. The molecule has 104 valence electrons. The lowest BCUT2D eigenvalue weighted by atomic mass is 10.00. The fourth-order valence-electron chi connectivity index (χ4n) is 2.49. The van der Waals surface area contributed by atoms with Crippen LogP contribution in [-0.4, -0.2) is 26.1 Å². The SMILES string of the molecule is CCNC(Cc1c(C)nn(C)c1C)c1cnn(C)c1. The number of nitrogens with one attached hydrogen (secondary N) is 1. The molecule has 1 unspecified atom stereocenters. The molecular formula is C14H23N5. The van der Waals surface area contributed by atoms with Crippen LogP contribution < -0.4 is 5.32 Å². The summed E-state index contributed by atoms with van der Waals surface area (Å²) in [6.07, 6.45) is 4.97. The van der Waals surface area contributed by atoms with Crippen molar-refractivity contribution in [2.75, 3.05) is 6.54 Å². The Kier molecular flexibility index (Phi) is 4.04. The lowest BCUT2D eigenvalue weighted by Crippen LogP contribution is -2.23. The highest BCUT2D eigenvalue weighted by molar-refractivity contribution is 5.27. The van der Waals surface area contributed by atoms with E-state index in [9.17, 15) is 0 Å². The predicted octanol–water partition coefficient (Wildman–Crippen LogP) is 1.66. The van der Waals surface area contributed by atoms with Crippen LogP contribution in [0.1, 0.15) is 35.5 Å². The van der Waals surface area contributed by atoms with Gasteiger partial charge in [-0.2, -0.15) is 10.2 Å². The summed E-state index contributed by atoms with van der Waals surface area (Å²) in [5, 5.41) is 12.3. The normalized spacial score (nSPS) is 12.9. The Hall–Kier alpha value is -1.62. The molecule has 0 saturated heterocycles. The Bertz CT molecular complexity index is 552. The largest absolute Gasteiger partial charge is 0.310 e. The second kappa shape index (κ2) is 5.57. The van der Waals surface area contributed by atoms with Crippen molar-refractivity contribution in [1.82, 2.24) is 24.9 Å². The third kappa shape index (κ3) is 2.87.